The predicted octanol–water partition coefficient (Wildman–Crippen LogP) is 2.34. The third kappa shape index (κ3) is 3.75. The summed E-state index contributed by atoms with van der Waals surface area (Å²) in [6.07, 6.45) is 1.60. The minimum absolute atomic E-state index is 0.301. The zero-order valence-electron chi connectivity index (χ0n) is 11.4. The van der Waals surface area contributed by atoms with Crippen molar-refractivity contribution in [2.24, 2.45) is 0 Å². The second kappa shape index (κ2) is 6.78. The average Bonchev–Trinajstić information content (AvgIpc) is 2.50. The first-order chi connectivity index (χ1) is 10.1. The molecule has 0 fully saturated rings. The largest absolute Gasteiger partial charge is 0.497 e. The summed E-state index contributed by atoms with van der Waals surface area (Å²) in [4.78, 5) is 14.9. The highest BCUT2D eigenvalue weighted by Crippen LogP contribution is 2.13. The quantitative estimate of drug-likeness (QED) is 0.861. The van der Waals surface area contributed by atoms with Gasteiger partial charge >= 0.3 is 0 Å². The molecule has 1 N–H and O–H groups in total. The number of carbonyl (C=O) groups is 1. The lowest BCUT2D eigenvalue weighted by molar-refractivity contribution is 0.0948. The first-order valence-corrected chi connectivity index (χ1v) is 6.33. The lowest BCUT2D eigenvalue weighted by atomic mass is 10.1. The molecule has 0 aliphatic rings. The molecule has 0 spiro atoms. The Labute approximate surface area is 120 Å². The van der Waals surface area contributed by atoms with Crippen molar-refractivity contribution < 1.29 is 18.3 Å². The van der Waals surface area contributed by atoms with Crippen LogP contribution in [0.3, 0.4) is 0 Å². The fraction of sp³-hybridized carbons (Fsp3) is 0.200. The number of hydrogen-bond acceptors (Lipinski definition) is 3. The molecular weight excluding hydrogens is 278 g/mol. The van der Waals surface area contributed by atoms with E-state index in [1.807, 2.05) is 24.3 Å². The fourth-order valence-electron chi connectivity index (χ4n) is 1.84. The summed E-state index contributed by atoms with van der Waals surface area (Å²) in [7, 11) is 1.57. The van der Waals surface area contributed by atoms with E-state index in [4.69, 9.17) is 4.74 Å². The highest BCUT2D eigenvalue weighted by atomic mass is 19.2. The Morgan fingerprint density at radius 1 is 1.33 bits per heavy atom. The van der Waals surface area contributed by atoms with Crippen LogP contribution >= 0.6 is 0 Å². The topological polar surface area (TPSA) is 51.2 Å². The third-order valence-electron chi connectivity index (χ3n) is 2.92. The van der Waals surface area contributed by atoms with Gasteiger partial charge in [0.05, 0.1) is 12.7 Å². The van der Waals surface area contributed by atoms with Gasteiger partial charge < -0.3 is 10.1 Å². The Balaban J connectivity index is 1.94. The van der Waals surface area contributed by atoms with E-state index in [1.54, 1.807) is 7.11 Å². The van der Waals surface area contributed by atoms with E-state index < -0.39 is 17.7 Å². The van der Waals surface area contributed by atoms with Gasteiger partial charge in [-0.2, -0.15) is 4.39 Å². The lowest BCUT2D eigenvalue weighted by Gasteiger charge is -2.07. The van der Waals surface area contributed by atoms with Gasteiger partial charge in [-0.25, -0.2) is 9.37 Å². The van der Waals surface area contributed by atoms with Crippen LogP contribution < -0.4 is 10.1 Å². The normalized spacial score (nSPS) is 10.2. The van der Waals surface area contributed by atoms with Crippen LogP contribution in [0.15, 0.2) is 36.5 Å². The van der Waals surface area contributed by atoms with E-state index >= 15 is 0 Å². The van der Waals surface area contributed by atoms with Crippen LogP contribution in [0.2, 0.25) is 0 Å². The van der Waals surface area contributed by atoms with E-state index in [2.05, 4.69) is 10.3 Å². The number of hydrogen-bond donors (Lipinski definition) is 1. The van der Waals surface area contributed by atoms with E-state index in [1.165, 1.54) is 0 Å². The van der Waals surface area contributed by atoms with Crippen LogP contribution in [0.1, 0.15) is 15.9 Å². The fourth-order valence-corrected chi connectivity index (χ4v) is 1.84. The van der Waals surface area contributed by atoms with Gasteiger partial charge in [0.1, 0.15) is 5.75 Å². The molecule has 6 heteroatoms. The number of methoxy groups -OCH3 is 1. The molecular formula is C15H14F2N2O2. The predicted molar refractivity (Wildman–Crippen MR) is 73.2 cm³/mol. The molecule has 1 amide bonds. The molecule has 1 heterocycles. The molecule has 0 saturated heterocycles. The van der Waals surface area contributed by atoms with Crippen molar-refractivity contribution in [3.05, 3.63) is 59.4 Å². The van der Waals surface area contributed by atoms with Crippen molar-refractivity contribution in [2.75, 3.05) is 13.7 Å². The first kappa shape index (κ1) is 14.9. The Morgan fingerprint density at radius 2 is 2.14 bits per heavy atom. The van der Waals surface area contributed by atoms with E-state index in [-0.39, 0.29) is 5.56 Å². The molecule has 110 valence electrons. The van der Waals surface area contributed by atoms with Crippen LogP contribution in [0.5, 0.6) is 5.75 Å². The van der Waals surface area contributed by atoms with E-state index in [0.29, 0.717) is 13.0 Å². The molecule has 2 aromatic rings. The van der Waals surface area contributed by atoms with Gasteiger partial charge in [0, 0.05) is 12.7 Å². The molecule has 0 aliphatic carbocycles. The number of ether oxygens (including phenoxy) is 1. The highest BCUT2D eigenvalue weighted by Gasteiger charge is 2.15. The highest BCUT2D eigenvalue weighted by molar-refractivity contribution is 5.94. The van der Waals surface area contributed by atoms with Gasteiger partial charge in [-0.15, -0.1) is 0 Å². The number of halogens is 2. The molecule has 0 radical (unpaired) electrons. The number of pyridine rings is 1. The summed E-state index contributed by atoms with van der Waals surface area (Å²) >= 11 is 0. The molecule has 0 atom stereocenters. The second-order valence-corrected chi connectivity index (χ2v) is 4.32. The Morgan fingerprint density at radius 3 is 2.90 bits per heavy atom. The molecule has 1 aromatic carbocycles. The van der Waals surface area contributed by atoms with Crippen LogP contribution in [0.25, 0.3) is 0 Å². The Kier molecular flexibility index (Phi) is 4.81. The van der Waals surface area contributed by atoms with Gasteiger partial charge in [0.15, 0.2) is 5.82 Å². The summed E-state index contributed by atoms with van der Waals surface area (Å²) in [6, 6.07) is 8.53. The lowest BCUT2D eigenvalue weighted by Crippen LogP contribution is -2.27. The summed E-state index contributed by atoms with van der Waals surface area (Å²) in [5.41, 5.74) is 0.615. The summed E-state index contributed by atoms with van der Waals surface area (Å²) in [5, 5.41) is 2.54. The van der Waals surface area contributed by atoms with Crippen LogP contribution in [-0.4, -0.2) is 24.5 Å². The second-order valence-electron chi connectivity index (χ2n) is 4.32. The molecule has 0 bridgehead atoms. The van der Waals surface area contributed by atoms with Gasteiger partial charge in [0.2, 0.25) is 5.95 Å². The van der Waals surface area contributed by atoms with Gasteiger partial charge in [-0.1, -0.05) is 12.1 Å². The van der Waals surface area contributed by atoms with Gasteiger partial charge in [-0.3, -0.25) is 4.79 Å². The number of carbonyl (C=O) groups excluding carboxylic acids is 1. The molecule has 0 saturated carbocycles. The maximum Gasteiger partial charge on any atom is 0.254 e. The van der Waals surface area contributed by atoms with Crippen molar-refractivity contribution in [2.45, 2.75) is 6.42 Å². The molecule has 0 aliphatic heterocycles. The molecule has 21 heavy (non-hydrogen) atoms. The number of amides is 1. The van der Waals surface area contributed by atoms with Crippen LogP contribution in [0, 0.1) is 11.8 Å². The Bertz CT molecular complexity index is 647. The number of nitrogens with one attached hydrogen (secondary N) is 1. The number of nitrogens with zero attached hydrogens (tertiary/aromatic N) is 1. The first-order valence-electron chi connectivity index (χ1n) is 6.33. The van der Waals surface area contributed by atoms with E-state index in [9.17, 15) is 13.6 Å². The minimum Gasteiger partial charge on any atom is -0.497 e. The van der Waals surface area contributed by atoms with Crippen molar-refractivity contribution in [1.29, 1.82) is 0 Å². The standard InChI is InChI=1S/C15H14F2N2O2/c1-21-11-4-2-3-10(9-11)5-7-19-15(20)12-6-8-18-14(17)13(12)16/h2-4,6,8-9H,5,7H2,1H3,(H,19,20). The summed E-state index contributed by atoms with van der Waals surface area (Å²) < 4.78 is 31.4. The average molecular weight is 292 g/mol. The maximum atomic E-state index is 13.4. The zero-order valence-corrected chi connectivity index (χ0v) is 11.4. The SMILES string of the molecule is COc1cccc(CCNC(=O)c2ccnc(F)c2F)c1. The number of benzene rings is 1. The number of aromatic nitrogens is 1. The monoisotopic (exact) mass is 292 g/mol. The third-order valence-corrected chi connectivity index (χ3v) is 2.92. The van der Waals surface area contributed by atoms with Crippen molar-refractivity contribution in [3.63, 3.8) is 0 Å². The molecule has 1 aromatic heterocycles. The minimum atomic E-state index is -1.28. The van der Waals surface area contributed by atoms with Crippen LogP contribution in [-0.2, 0) is 6.42 Å². The van der Waals surface area contributed by atoms with Gasteiger partial charge in [0.25, 0.3) is 5.91 Å². The molecule has 4 nitrogen and oxygen atoms in total. The van der Waals surface area contributed by atoms with E-state index in [0.717, 1.165) is 23.6 Å². The van der Waals surface area contributed by atoms with Crippen LogP contribution in [0.4, 0.5) is 8.78 Å². The molecule has 0 unspecified atom stereocenters. The van der Waals surface area contributed by atoms with Crippen molar-refractivity contribution in [3.8, 4) is 5.75 Å². The Hall–Kier alpha value is -2.50. The maximum absolute atomic E-state index is 13.4. The molecule has 2 rings (SSSR count). The van der Waals surface area contributed by atoms with Gasteiger partial charge in [-0.05, 0) is 30.2 Å². The van der Waals surface area contributed by atoms with Crippen molar-refractivity contribution >= 4 is 5.91 Å². The summed E-state index contributed by atoms with van der Waals surface area (Å²) in [5.74, 6) is -2.47. The summed E-state index contributed by atoms with van der Waals surface area (Å²) in [6.45, 7) is 0.301. The smallest absolute Gasteiger partial charge is 0.254 e. The van der Waals surface area contributed by atoms with Crippen molar-refractivity contribution in [1.82, 2.24) is 10.3 Å². The number of rotatable bonds is 5. The zero-order chi connectivity index (χ0) is 15.2.